The summed E-state index contributed by atoms with van der Waals surface area (Å²) in [6, 6.07) is 3.00. The van der Waals surface area contributed by atoms with E-state index in [0.29, 0.717) is 12.8 Å². The average molecular weight is 343 g/mol. The number of amides is 2. The lowest BCUT2D eigenvalue weighted by Gasteiger charge is -2.28. The molecule has 2 amide bonds. The third kappa shape index (κ3) is 4.95. The Morgan fingerprint density at radius 1 is 1.25 bits per heavy atom. The zero-order valence-electron chi connectivity index (χ0n) is 13.5. The van der Waals surface area contributed by atoms with Gasteiger partial charge in [0.05, 0.1) is 5.56 Å². The fourth-order valence-corrected chi connectivity index (χ4v) is 2.73. The zero-order valence-corrected chi connectivity index (χ0v) is 13.5. The maximum atomic E-state index is 13.0. The lowest BCUT2D eigenvalue weighted by Crippen LogP contribution is -2.46. The van der Waals surface area contributed by atoms with Crippen LogP contribution in [0, 0.1) is 0 Å². The summed E-state index contributed by atoms with van der Waals surface area (Å²) in [7, 11) is 0. The SMILES string of the molecule is CC(=O)Nc1cc(C(=O)NC2CCNC(C)C2)cc(C(F)(F)F)c1. The second-order valence-corrected chi connectivity index (χ2v) is 6.03. The van der Waals surface area contributed by atoms with Crippen molar-refractivity contribution in [3.8, 4) is 0 Å². The molecule has 3 N–H and O–H groups in total. The van der Waals surface area contributed by atoms with E-state index in [1.165, 1.54) is 13.0 Å². The van der Waals surface area contributed by atoms with Gasteiger partial charge in [-0.15, -0.1) is 0 Å². The highest BCUT2D eigenvalue weighted by molar-refractivity contribution is 5.97. The van der Waals surface area contributed by atoms with Crippen LogP contribution in [-0.4, -0.2) is 30.4 Å². The molecule has 0 saturated carbocycles. The van der Waals surface area contributed by atoms with Gasteiger partial charge in [0.2, 0.25) is 5.91 Å². The molecule has 2 rings (SSSR count). The first-order chi connectivity index (χ1) is 11.1. The molecule has 24 heavy (non-hydrogen) atoms. The molecular formula is C16H20F3N3O2. The topological polar surface area (TPSA) is 70.2 Å². The molecule has 2 unspecified atom stereocenters. The van der Waals surface area contributed by atoms with E-state index in [9.17, 15) is 22.8 Å². The molecule has 8 heteroatoms. The van der Waals surface area contributed by atoms with Crippen molar-refractivity contribution in [3.05, 3.63) is 29.3 Å². The van der Waals surface area contributed by atoms with Crippen LogP contribution in [0.5, 0.6) is 0 Å². The average Bonchev–Trinajstić information content (AvgIpc) is 2.45. The largest absolute Gasteiger partial charge is 0.416 e. The molecule has 0 radical (unpaired) electrons. The fourth-order valence-electron chi connectivity index (χ4n) is 2.73. The third-order valence-corrected chi connectivity index (χ3v) is 3.80. The Hall–Kier alpha value is -2.09. The summed E-state index contributed by atoms with van der Waals surface area (Å²) in [4.78, 5) is 23.4. The number of nitrogens with one attached hydrogen (secondary N) is 3. The number of carbonyl (C=O) groups excluding carboxylic acids is 2. The Labute approximate surface area is 138 Å². The highest BCUT2D eigenvalue weighted by atomic mass is 19.4. The number of piperidine rings is 1. The van der Waals surface area contributed by atoms with Crippen LogP contribution >= 0.6 is 0 Å². The first kappa shape index (κ1) is 18.3. The number of hydrogen-bond donors (Lipinski definition) is 3. The van der Waals surface area contributed by atoms with Crippen LogP contribution in [0.3, 0.4) is 0 Å². The molecule has 1 aliphatic rings. The smallest absolute Gasteiger partial charge is 0.349 e. The van der Waals surface area contributed by atoms with E-state index >= 15 is 0 Å². The van der Waals surface area contributed by atoms with E-state index in [4.69, 9.17) is 0 Å². The molecule has 5 nitrogen and oxygen atoms in total. The first-order valence-electron chi connectivity index (χ1n) is 7.69. The van der Waals surface area contributed by atoms with Crippen LogP contribution in [-0.2, 0) is 11.0 Å². The Balaban J connectivity index is 2.23. The summed E-state index contributed by atoms with van der Waals surface area (Å²) in [5, 5.41) is 8.30. The summed E-state index contributed by atoms with van der Waals surface area (Å²) < 4.78 is 39.0. The van der Waals surface area contributed by atoms with E-state index in [1.54, 1.807) is 0 Å². The quantitative estimate of drug-likeness (QED) is 0.790. The Bertz CT molecular complexity index is 631. The van der Waals surface area contributed by atoms with Crippen LogP contribution in [0.2, 0.25) is 0 Å². The summed E-state index contributed by atoms with van der Waals surface area (Å²) >= 11 is 0. The molecule has 0 aliphatic carbocycles. The number of hydrogen-bond acceptors (Lipinski definition) is 3. The minimum atomic E-state index is -4.60. The van der Waals surface area contributed by atoms with Gasteiger partial charge in [0, 0.05) is 30.3 Å². The summed E-state index contributed by atoms with van der Waals surface area (Å²) in [6.07, 6.45) is -3.18. The summed E-state index contributed by atoms with van der Waals surface area (Å²) in [5.74, 6) is -1.08. The number of benzene rings is 1. The van der Waals surface area contributed by atoms with Crippen LogP contribution in [0.15, 0.2) is 18.2 Å². The standard InChI is InChI=1S/C16H20F3N3O2/c1-9-5-13(3-4-20-9)22-15(24)11-6-12(16(17,18)19)8-14(7-11)21-10(2)23/h6-9,13,20H,3-5H2,1-2H3,(H,21,23)(H,22,24). The highest BCUT2D eigenvalue weighted by Gasteiger charge is 2.32. The molecule has 1 aromatic rings. The Morgan fingerprint density at radius 3 is 2.54 bits per heavy atom. The molecule has 2 atom stereocenters. The second kappa shape index (κ2) is 7.21. The first-order valence-corrected chi connectivity index (χ1v) is 7.69. The maximum absolute atomic E-state index is 13.0. The Morgan fingerprint density at radius 2 is 1.96 bits per heavy atom. The number of rotatable bonds is 3. The van der Waals surface area contributed by atoms with Gasteiger partial charge < -0.3 is 16.0 Å². The molecule has 1 aliphatic heterocycles. The van der Waals surface area contributed by atoms with E-state index in [-0.39, 0.29) is 23.3 Å². The molecule has 132 valence electrons. The minimum absolute atomic E-state index is 0.0545. The zero-order chi connectivity index (χ0) is 17.9. The molecule has 1 fully saturated rings. The van der Waals surface area contributed by atoms with Crippen molar-refractivity contribution in [1.29, 1.82) is 0 Å². The Kier molecular flexibility index (Phi) is 5.48. The summed E-state index contributed by atoms with van der Waals surface area (Å²) in [5.41, 5.74) is -1.15. The number of carbonyl (C=O) groups is 2. The molecule has 0 bridgehead atoms. The molecular weight excluding hydrogens is 323 g/mol. The number of anilines is 1. The predicted octanol–water partition coefficient (Wildman–Crippen LogP) is 2.53. The van der Waals surface area contributed by atoms with Crippen LogP contribution in [0.4, 0.5) is 18.9 Å². The maximum Gasteiger partial charge on any atom is 0.416 e. The molecule has 1 saturated heterocycles. The van der Waals surface area contributed by atoms with Crippen LogP contribution in [0.1, 0.15) is 42.6 Å². The van der Waals surface area contributed by atoms with Crippen molar-refractivity contribution in [2.45, 2.75) is 44.9 Å². The number of halogens is 3. The predicted molar refractivity (Wildman–Crippen MR) is 83.7 cm³/mol. The normalized spacial score (nSPS) is 21.2. The van der Waals surface area contributed by atoms with Crippen molar-refractivity contribution in [2.24, 2.45) is 0 Å². The van der Waals surface area contributed by atoms with Gasteiger partial charge in [0.15, 0.2) is 0 Å². The van der Waals surface area contributed by atoms with Crippen LogP contribution < -0.4 is 16.0 Å². The van der Waals surface area contributed by atoms with Gasteiger partial charge in [0.1, 0.15) is 0 Å². The van der Waals surface area contributed by atoms with Crippen LogP contribution in [0.25, 0.3) is 0 Å². The van der Waals surface area contributed by atoms with E-state index < -0.39 is 23.6 Å². The van der Waals surface area contributed by atoms with Crippen molar-refractivity contribution >= 4 is 17.5 Å². The third-order valence-electron chi connectivity index (χ3n) is 3.80. The highest BCUT2D eigenvalue weighted by Crippen LogP contribution is 2.32. The second-order valence-electron chi connectivity index (χ2n) is 6.03. The van der Waals surface area contributed by atoms with Gasteiger partial charge in [0.25, 0.3) is 5.91 Å². The van der Waals surface area contributed by atoms with Crippen molar-refractivity contribution < 1.29 is 22.8 Å². The van der Waals surface area contributed by atoms with Crippen molar-refractivity contribution in [1.82, 2.24) is 10.6 Å². The van der Waals surface area contributed by atoms with Crippen molar-refractivity contribution in [3.63, 3.8) is 0 Å². The van der Waals surface area contributed by atoms with Crippen molar-refractivity contribution in [2.75, 3.05) is 11.9 Å². The fraction of sp³-hybridized carbons (Fsp3) is 0.500. The van der Waals surface area contributed by atoms with Gasteiger partial charge in [-0.3, -0.25) is 9.59 Å². The van der Waals surface area contributed by atoms with E-state index in [0.717, 1.165) is 18.7 Å². The molecule has 0 aromatic heterocycles. The van der Waals surface area contributed by atoms with Gasteiger partial charge in [-0.25, -0.2) is 0 Å². The molecule has 1 heterocycles. The molecule has 1 aromatic carbocycles. The summed E-state index contributed by atoms with van der Waals surface area (Å²) in [6.45, 7) is 3.92. The van der Waals surface area contributed by atoms with Gasteiger partial charge in [-0.05, 0) is 44.5 Å². The molecule has 0 spiro atoms. The minimum Gasteiger partial charge on any atom is -0.349 e. The van der Waals surface area contributed by atoms with Gasteiger partial charge >= 0.3 is 6.18 Å². The van der Waals surface area contributed by atoms with E-state index in [1.807, 2.05) is 6.92 Å². The van der Waals surface area contributed by atoms with Gasteiger partial charge in [-0.2, -0.15) is 13.2 Å². The number of alkyl halides is 3. The van der Waals surface area contributed by atoms with E-state index in [2.05, 4.69) is 16.0 Å². The lowest BCUT2D eigenvalue weighted by atomic mass is 10.00. The van der Waals surface area contributed by atoms with Gasteiger partial charge in [-0.1, -0.05) is 0 Å². The lowest BCUT2D eigenvalue weighted by molar-refractivity contribution is -0.137. The monoisotopic (exact) mass is 343 g/mol.